The third kappa shape index (κ3) is 3.93. The molecule has 3 heteroatoms. The Bertz CT molecular complexity index is 332. The molecule has 1 atom stereocenters. The molecule has 0 bridgehead atoms. The van der Waals surface area contributed by atoms with Crippen molar-refractivity contribution in [2.24, 2.45) is 11.7 Å². The summed E-state index contributed by atoms with van der Waals surface area (Å²) < 4.78 is 0. The quantitative estimate of drug-likeness (QED) is 0.773. The van der Waals surface area contributed by atoms with Crippen molar-refractivity contribution in [1.82, 2.24) is 0 Å². The number of phenolic OH excluding ortho intramolecular Hbond substituents is 1. The number of rotatable bonds is 6. The van der Waals surface area contributed by atoms with Crippen LogP contribution in [0.25, 0.3) is 0 Å². The summed E-state index contributed by atoms with van der Waals surface area (Å²) in [6, 6.07) is 6.93. The molecule has 0 aliphatic heterocycles. The van der Waals surface area contributed by atoms with Crippen molar-refractivity contribution in [1.29, 1.82) is 0 Å². The molecule has 0 aromatic heterocycles. The van der Waals surface area contributed by atoms with E-state index in [0.29, 0.717) is 6.42 Å². The van der Waals surface area contributed by atoms with E-state index in [1.54, 1.807) is 12.1 Å². The van der Waals surface area contributed by atoms with Crippen molar-refractivity contribution >= 4 is 5.91 Å². The predicted octanol–water partition coefficient (Wildman–Crippen LogP) is 2.23. The van der Waals surface area contributed by atoms with E-state index in [4.69, 9.17) is 10.8 Å². The predicted molar refractivity (Wildman–Crippen MR) is 64.0 cm³/mol. The molecule has 0 heterocycles. The van der Waals surface area contributed by atoms with Crippen LogP contribution in [0.3, 0.4) is 0 Å². The van der Waals surface area contributed by atoms with Gasteiger partial charge in [-0.1, -0.05) is 31.9 Å². The van der Waals surface area contributed by atoms with Crippen molar-refractivity contribution in [3.63, 3.8) is 0 Å². The molecule has 16 heavy (non-hydrogen) atoms. The minimum Gasteiger partial charge on any atom is -0.508 e. The van der Waals surface area contributed by atoms with Gasteiger partial charge in [-0.25, -0.2) is 0 Å². The maximum Gasteiger partial charge on any atom is 0.220 e. The Morgan fingerprint density at radius 3 is 2.50 bits per heavy atom. The first-order chi connectivity index (χ1) is 7.63. The fraction of sp³-hybridized carbons (Fsp3) is 0.462. The Labute approximate surface area is 96.3 Å². The van der Waals surface area contributed by atoms with E-state index in [9.17, 15) is 4.79 Å². The minimum atomic E-state index is -0.235. The molecule has 3 nitrogen and oxygen atoms in total. The molecular formula is C13H19NO2. The lowest BCUT2D eigenvalue weighted by molar-refractivity contribution is -0.122. The maximum atomic E-state index is 11.2. The molecule has 1 aromatic rings. The molecule has 0 saturated heterocycles. The Morgan fingerprint density at radius 2 is 2.00 bits per heavy atom. The summed E-state index contributed by atoms with van der Waals surface area (Å²) in [5, 5.41) is 9.15. The second-order valence-corrected chi connectivity index (χ2v) is 4.11. The summed E-state index contributed by atoms with van der Waals surface area (Å²) in [6.45, 7) is 2.10. The highest BCUT2D eigenvalue weighted by Crippen LogP contribution is 2.17. The number of hydrogen-bond donors (Lipinski definition) is 2. The summed E-state index contributed by atoms with van der Waals surface area (Å²) in [5.74, 6) is -0.0843. The van der Waals surface area contributed by atoms with Crippen LogP contribution in [-0.2, 0) is 11.2 Å². The van der Waals surface area contributed by atoms with Crippen molar-refractivity contribution in [2.75, 3.05) is 0 Å². The molecule has 0 spiro atoms. The summed E-state index contributed by atoms with van der Waals surface area (Å²) in [5.41, 5.74) is 6.41. The third-order valence-corrected chi connectivity index (χ3v) is 2.73. The number of aromatic hydroxyl groups is 1. The van der Waals surface area contributed by atoms with E-state index in [1.165, 1.54) is 0 Å². The summed E-state index contributed by atoms with van der Waals surface area (Å²) in [7, 11) is 0. The van der Waals surface area contributed by atoms with E-state index in [2.05, 4.69) is 6.92 Å². The summed E-state index contributed by atoms with van der Waals surface area (Å²) >= 11 is 0. The van der Waals surface area contributed by atoms with Gasteiger partial charge in [0.1, 0.15) is 5.75 Å². The molecule has 1 rings (SSSR count). The van der Waals surface area contributed by atoms with E-state index >= 15 is 0 Å². The molecule has 0 radical (unpaired) electrons. The molecule has 0 aliphatic carbocycles. The summed E-state index contributed by atoms with van der Waals surface area (Å²) in [4.78, 5) is 11.2. The SMILES string of the molecule is CCCCC(Cc1ccc(O)cc1)C(N)=O. The first-order valence-electron chi connectivity index (χ1n) is 5.70. The van der Waals surface area contributed by atoms with Crippen LogP contribution in [0, 0.1) is 5.92 Å². The second-order valence-electron chi connectivity index (χ2n) is 4.11. The average molecular weight is 221 g/mol. The zero-order valence-electron chi connectivity index (χ0n) is 9.65. The molecule has 0 aliphatic rings. The fourth-order valence-corrected chi connectivity index (χ4v) is 1.71. The first kappa shape index (κ1) is 12.6. The van der Waals surface area contributed by atoms with Crippen LogP contribution in [0.5, 0.6) is 5.75 Å². The molecule has 0 fully saturated rings. The van der Waals surface area contributed by atoms with Gasteiger partial charge in [0.05, 0.1) is 0 Å². The maximum absolute atomic E-state index is 11.2. The van der Waals surface area contributed by atoms with Gasteiger partial charge in [0.25, 0.3) is 0 Å². The number of unbranched alkanes of at least 4 members (excludes halogenated alkanes) is 1. The van der Waals surface area contributed by atoms with Crippen LogP contribution < -0.4 is 5.73 Å². The van der Waals surface area contributed by atoms with Crippen molar-refractivity contribution in [3.05, 3.63) is 29.8 Å². The number of phenols is 1. The van der Waals surface area contributed by atoms with Crippen molar-refractivity contribution < 1.29 is 9.90 Å². The first-order valence-corrected chi connectivity index (χ1v) is 5.70. The number of carbonyl (C=O) groups is 1. The second kappa shape index (κ2) is 6.16. The zero-order chi connectivity index (χ0) is 12.0. The third-order valence-electron chi connectivity index (χ3n) is 2.73. The van der Waals surface area contributed by atoms with Crippen LogP contribution in [0.1, 0.15) is 31.7 Å². The topological polar surface area (TPSA) is 63.3 Å². The fourth-order valence-electron chi connectivity index (χ4n) is 1.71. The van der Waals surface area contributed by atoms with E-state index < -0.39 is 0 Å². The number of hydrogen-bond acceptors (Lipinski definition) is 2. The van der Waals surface area contributed by atoms with Gasteiger partial charge in [-0.05, 0) is 30.5 Å². The normalized spacial score (nSPS) is 12.3. The Balaban J connectivity index is 2.60. The molecule has 88 valence electrons. The van der Waals surface area contributed by atoms with E-state index in [-0.39, 0.29) is 17.6 Å². The van der Waals surface area contributed by atoms with Crippen LogP contribution in [0.4, 0.5) is 0 Å². The van der Waals surface area contributed by atoms with Gasteiger partial charge in [-0.2, -0.15) is 0 Å². The highest BCUT2D eigenvalue weighted by atomic mass is 16.3. The van der Waals surface area contributed by atoms with Crippen LogP contribution in [0.15, 0.2) is 24.3 Å². The largest absolute Gasteiger partial charge is 0.508 e. The van der Waals surface area contributed by atoms with Gasteiger partial charge in [-0.15, -0.1) is 0 Å². The molecule has 0 saturated carbocycles. The molecule has 3 N–H and O–H groups in total. The molecule has 1 unspecified atom stereocenters. The standard InChI is InChI=1S/C13H19NO2/c1-2-3-4-11(13(14)16)9-10-5-7-12(15)8-6-10/h5-8,11,15H,2-4,9H2,1H3,(H2,14,16). The average Bonchev–Trinajstić information content (AvgIpc) is 2.26. The van der Waals surface area contributed by atoms with E-state index in [0.717, 1.165) is 24.8 Å². The van der Waals surface area contributed by atoms with Gasteiger partial charge < -0.3 is 10.8 Å². The van der Waals surface area contributed by atoms with Crippen molar-refractivity contribution in [3.8, 4) is 5.75 Å². The Kier molecular flexibility index (Phi) is 4.83. The Morgan fingerprint density at radius 1 is 1.38 bits per heavy atom. The van der Waals surface area contributed by atoms with Gasteiger partial charge >= 0.3 is 0 Å². The molecular weight excluding hydrogens is 202 g/mol. The lowest BCUT2D eigenvalue weighted by Gasteiger charge is -2.12. The van der Waals surface area contributed by atoms with Gasteiger partial charge in [0.2, 0.25) is 5.91 Å². The summed E-state index contributed by atoms with van der Waals surface area (Å²) in [6.07, 6.45) is 3.59. The number of benzene rings is 1. The lowest BCUT2D eigenvalue weighted by atomic mass is 9.93. The van der Waals surface area contributed by atoms with Gasteiger partial charge in [-0.3, -0.25) is 4.79 Å². The highest BCUT2D eigenvalue weighted by Gasteiger charge is 2.15. The number of carbonyl (C=O) groups excluding carboxylic acids is 1. The number of primary amides is 1. The van der Waals surface area contributed by atoms with E-state index in [1.807, 2.05) is 12.1 Å². The van der Waals surface area contributed by atoms with Gasteiger partial charge in [0.15, 0.2) is 0 Å². The van der Waals surface area contributed by atoms with Crippen LogP contribution in [0.2, 0.25) is 0 Å². The molecule has 1 aromatic carbocycles. The smallest absolute Gasteiger partial charge is 0.220 e. The van der Waals surface area contributed by atoms with Crippen molar-refractivity contribution in [2.45, 2.75) is 32.6 Å². The highest BCUT2D eigenvalue weighted by molar-refractivity contribution is 5.76. The number of amides is 1. The minimum absolute atomic E-state index is 0.0931. The number of nitrogens with two attached hydrogens (primary N) is 1. The zero-order valence-corrected chi connectivity index (χ0v) is 9.65. The lowest BCUT2D eigenvalue weighted by Crippen LogP contribution is -2.25. The van der Waals surface area contributed by atoms with Crippen LogP contribution in [-0.4, -0.2) is 11.0 Å². The Hall–Kier alpha value is -1.51. The monoisotopic (exact) mass is 221 g/mol. The van der Waals surface area contributed by atoms with Gasteiger partial charge in [0, 0.05) is 5.92 Å². The molecule has 1 amide bonds. The van der Waals surface area contributed by atoms with Crippen LogP contribution >= 0.6 is 0 Å².